The van der Waals surface area contributed by atoms with Crippen molar-refractivity contribution in [2.24, 2.45) is 11.7 Å². The van der Waals surface area contributed by atoms with Gasteiger partial charge in [0.2, 0.25) is 11.8 Å². The van der Waals surface area contributed by atoms with E-state index in [1.54, 1.807) is 13.8 Å². The number of aliphatic carboxylic acids is 2. The standard InChI is InChI=1S/C13H23N3O7/c1-6(2)10(14)12(21)16-8(5-17)11(20)15-7(13(22)23)3-4-9(18)19/h6-8,10,17H,3-5,14H2,1-2H3,(H,15,20)(H,16,21)(H,18,19)(H,22,23)/t7-,8-,10-/m0/s1. The maximum absolute atomic E-state index is 11.9. The van der Waals surface area contributed by atoms with Crippen molar-refractivity contribution < 1.29 is 34.5 Å². The van der Waals surface area contributed by atoms with Crippen LogP contribution in [0.15, 0.2) is 0 Å². The van der Waals surface area contributed by atoms with Gasteiger partial charge in [-0.25, -0.2) is 4.79 Å². The van der Waals surface area contributed by atoms with Gasteiger partial charge in [0.15, 0.2) is 0 Å². The molecule has 23 heavy (non-hydrogen) atoms. The number of aliphatic hydroxyl groups excluding tert-OH is 1. The molecule has 2 amide bonds. The van der Waals surface area contributed by atoms with Crippen molar-refractivity contribution in [3.05, 3.63) is 0 Å². The lowest BCUT2D eigenvalue weighted by Crippen LogP contribution is -2.56. The summed E-state index contributed by atoms with van der Waals surface area (Å²) in [6, 6.07) is -3.71. The maximum atomic E-state index is 11.9. The molecule has 10 nitrogen and oxygen atoms in total. The Morgan fingerprint density at radius 1 is 1.00 bits per heavy atom. The number of nitrogens with one attached hydrogen (secondary N) is 2. The Morgan fingerprint density at radius 2 is 1.52 bits per heavy atom. The first kappa shape index (κ1) is 20.8. The van der Waals surface area contributed by atoms with E-state index in [0.29, 0.717) is 0 Å². The van der Waals surface area contributed by atoms with Gasteiger partial charge >= 0.3 is 11.9 Å². The summed E-state index contributed by atoms with van der Waals surface area (Å²) in [6.07, 6.45) is -0.778. The second-order valence-corrected chi connectivity index (χ2v) is 5.35. The molecule has 0 aromatic heterocycles. The number of rotatable bonds is 10. The minimum Gasteiger partial charge on any atom is -0.481 e. The van der Waals surface area contributed by atoms with E-state index in [0.717, 1.165) is 0 Å². The Morgan fingerprint density at radius 3 is 1.91 bits per heavy atom. The van der Waals surface area contributed by atoms with Crippen LogP contribution in [0, 0.1) is 5.92 Å². The number of carboxylic acids is 2. The van der Waals surface area contributed by atoms with Crippen molar-refractivity contribution >= 4 is 23.8 Å². The topological polar surface area (TPSA) is 179 Å². The van der Waals surface area contributed by atoms with Gasteiger partial charge in [0.05, 0.1) is 12.6 Å². The van der Waals surface area contributed by atoms with E-state index in [1.165, 1.54) is 0 Å². The lowest BCUT2D eigenvalue weighted by Gasteiger charge is -2.22. The Kier molecular flexibility index (Phi) is 8.81. The average molecular weight is 333 g/mol. The third kappa shape index (κ3) is 7.56. The van der Waals surface area contributed by atoms with Gasteiger partial charge < -0.3 is 31.7 Å². The molecule has 0 saturated carbocycles. The number of aliphatic hydroxyl groups is 1. The molecule has 0 aliphatic rings. The molecule has 0 aliphatic carbocycles. The van der Waals surface area contributed by atoms with Crippen LogP contribution in [0.1, 0.15) is 26.7 Å². The van der Waals surface area contributed by atoms with Crippen LogP contribution >= 0.6 is 0 Å². The lowest BCUT2D eigenvalue weighted by atomic mass is 10.0. The zero-order chi connectivity index (χ0) is 18.2. The Bertz CT molecular complexity index is 453. The van der Waals surface area contributed by atoms with Crippen LogP contribution in [0.25, 0.3) is 0 Å². The van der Waals surface area contributed by atoms with Crippen molar-refractivity contribution in [2.45, 2.75) is 44.8 Å². The van der Waals surface area contributed by atoms with Gasteiger partial charge in [0.25, 0.3) is 0 Å². The van der Waals surface area contributed by atoms with E-state index in [2.05, 4.69) is 10.6 Å². The highest BCUT2D eigenvalue weighted by atomic mass is 16.4. The largest absolute Gasteiger partial charge is 0.481 e. The molecule has 0 radical (unpaired) electrons. The summed E-state index contributed by atoms with van der Waals surface area (Å²) in [5, 5.41) is 31.0. The molecule has 0 heterocycles. The molecule has 0 aromatic rings. The summed E-state index contributed by atoms with van der Waals surface area (Å²) in [7, 11) is 0. The van der Waals surface area contributed by atoms with Gasteiger partial charge in [-0.1, -0.05) is 13.8 Å². The first-order valence-corrected chi connectivity index (χ1v) is 7.01. The minimum atomic E-state index is -1.44. The molecular formula is C13H23N3O7. The summed E-state index contributed by atoms with van der Waals surface area (Å²) in [5.74, 6) is -4.41. The molecule has 0 unspecified atom stereocenters. The Balaban J connectivity index is 4.76. The Labute approximate surface area is 133 Å². The highest BCUT2D eigenvalue weighted by molar-refractivity contribution is 5.92. The van der Waals surface area contributed by atoms with Crippen LogP contribution in [-0.4, -0.2) is 63.8 Å². The molecule has 0 spiro atoms. The highest BCUT2D eigenvalue weighted by Crippen LogP contribution is 2.01. The fourth-order valence-electron chi connectivity index (χ4n) is 1.56. The van der Waals surface area contributed by atoms with Gasteiger partial charge in [-0.05, 0) is 12.3 Å². The van der Waals surface area contributed by atoms with Crippen molar-refractivity contribution in [1.29, 1.82) is 0 Å². The number of hydrogen-bond donors (Lipinski definition) is 6. The summed E-state index contributed by atoms with van der Waals surface area (Å²) >= 11 is 0. The number of carbonyl (C=O) groups excluding carboxylic acids is 2. The molecule has 132 valence electrons. The summed E-state index contributed by atoms with van der Waals surface area (Å²) < 4.78 is 0. The van der Waals surface area contributed by atoms with Crippen molar-refractivity contribution in [3.8, 4) is 0 Å². The molecule has 7 N–H and O–H groups in total. The number of nitrogens with two attached hydrogens (primary N) is 1. The number of carboxylic acid groups (broad SMARTS) is 2. The second kappa shape index (κ2) is 9.74. The predicted molar refractivity (Wildman–Crippen MR) is 78.3 cm³/mol. The highest BCUT2D eigenvalue weighted by Gasteiger charge is 2.28. The maximum Gasteiger partial charge on any atom is 0.326 e. The summed E-state index contributed by atoms with van der Waals surface area (Å²) in [4.78, 5) is 45.2. The molecule has 0 bridgehead atoms. The number of amides is 2. The van der Waals surface area contributed by atoms with Gasteiger partial charge in [-0.3, -0.25) is 14.4 Å². The molecule has 0 fully saturated rings. The molecule has 0 aliphatic heterocycles. The Hall–Kier alpha value is -2.20. The van der Waals surface area contributed by atoms with Gasteiger partial charge in [0.1, 0.15) is 12.1 Å². The van der Waals surface area contributed by atoms with Crippen LogP contribution < -0.4 is 16.4 Å². The zero-order valence-electron chi connectivity index (χ0n) is 13.0. The SMILES string of the molecule is CC(C)[C@H](N)C(=O)N[C@@H](CO)C(=O)N[C@@H](CCC(=O)O)C(=O)O. The van der Waals surface area contributed by atoms with Crippen molar-refractivity contribution in [2.75, 3.05) is 6.61 Å². The van der Waals surface area contributed by atoms with Crippen LogP contribution in [0.4, 0.5) is 0 Å². The van der Waals surface area contributed by atoms with Crippen LogP contribution in [0.5, 0.6) is 0 Å². The smallest absolute Gasteiger partial charge is 0.326 e. The van der Waals surface area contributed by atoms with E-state index >= 15 is 0 Å². The third-order valence-corrected chi connectivity index (χ3v) is 3.10. The first-order valence-electron chi connectivity index (χ1n) is 7.01. The van der Waals surface area contributed by atoms with E-state index < -0.39 is 54.9 Å². The normalized spacial score (nSPS) is 14.7. The van der Waals surface area contributed by atoms with Gasteiger partial charge in [-0.15, -0.1) is 0 Å². The van der Waals surface area contributed by atoms with Gasteiger partial charge in [0, 0.05) is 6.42 Å². The predicted octanol–water partition coefficient (Wildman–Crippen LogP) is -2.12. The molecule has 0 rings (SSSR count). The molecule has 0 saturated heterocycles. The number of carbonyl (C=O) groups is 4. The quantitative estimate of drug-likeness (QED) is 0.262. The zero-order valence-corrected chi connectivity index (χ0v) is 13.0. The second-order valence-electron chi connectivity index (χ2n) is 5.35. The van der Waals surface area contributed by atoms with E-state index in [1.807, 2.05) is 0 Å². The molecule has 0 aromatic carbocycles. The molecule has 3 atom stereocenters. The van der Waals surface area contributed by atoms with Crippen LogP contribution in [0.2, 0.25) is 0 Å². The average Bonchev–Trinajstić information content (AvgIpc) is 2.46. The van der Waals surface area contributed by atoms with Crippen molar-refractivity contribution in [3.63, 3.8) is 0 Å². The number of hydrogen-bond acceptors (Lipinski definition) is 6. The fourth-order valence-corrected chi connectivity index (χ4v) is 1.56. The van der Waals surface area contributed by atoms with E-state index in [-0.39, 0.29) is 12.3 Å². The van der Waals surface area contributed by atoms with E-state index in [4.69, 9.17) is 15.9 Å². The summed E-state index contributed by atoms with van der Waals surface area (Å²) in [5.41, 5.74) is 5.61. The van der Waals surface area contributed by atoms with Crippen LogP contribution in [0.3, 0.4) is 0 Å². The van der Waals surface area contributed by atoms with Gasteiger partial charge in [-0.2, -0.15) is 0 Å². The molecule has 10 heteroatoms. The summed E-state index contributed by atoms with van der Waals surface area (Å²) in [6.45, 7) is 2.64. The lowest BCUT2D eigenvalue weighted by molar-refractivity contribution is -0.143. The monoisotopic (exact) mass is 333 g/mol. The minimum absolute atomic E-state index is 0.195. The van der Waals surface area contributed by atoms with Crippen molar-refractivity contribution in [1.82, 2.24) is 10.6 Å². The fraction of sp³-hybridized carbons (Fsp3) is 0.692. The first-order chi connectivity index (χ1) is 10.6. The molecular weight excluding hydrogens is 310 g/mol. The van der Waals surface area contributed by atoms with E-state index in [9.17, 15) is 24.3 Å². The third-order valence-electron chi connectivity index (χ3n) is 3.10. The van der Waals surface area contributed by atoms with Crippen LogP contribution in [-0.2, 0) is 19.2 Å².